The molecule has 0 spiro atoms. The Hall–Kier alpha value is -3.35. The van der Waals surface area contributed by atoms with Crippen molar-refractivity contribution in [3.05, 3.63) is 65.2 Å². The first-order chi connectivity index (χ1) is 15.7. The Kier molecular flexibility index (Phi) is 6.15. The molecule has 2 heterocycles. The SMILES string of the molecule is CC(c1cccc(C(=O)N[C@H]2CCOc3ccccc32)c1)N1C(=N)N[C@](C)(C(C)C)CC1=O. The van der Waals surface area contributed by atoms with Crippen LogP contribution in [0.5, 0.6) is 5.75 Å². The highest BCUT2D eigenvalue weighted by atomic mass is 16.5. The fraction of sp³-hybridized carbons (Fsp3) is 0.423. The number of fused-ring (bicyclic) bond motifs is 1. The van der Waals surface area contributed by atoms with Gasteiger partial charge in [0.05, 0.1) is 25.1 Å². The van der Waals surface area contributed by atoms with Crippen molar-refractivity contribution in [2.45, 2.75) is 58.2 Å². The van der Waals surface area contributed by atoms with E-state index in [1.807, 2.05) is 70.2 Å². The first-order valence-electron chi connectivity index (χ1n) is 11.5. The van der Waals surface area contributed by atoms with Gasteiger partial charge in [-0.15, -0.1) is 0 Å². The summed E-state index contributed by atoms with van der Waals surface area (Å²) in [7, 11) is 0. The van der Waals surface area contributed by atoms with E-state index in [0.717, 1.165) is 16.9 Å². The molecule has 0 aliphatic carbocycles. The van der Waals surface area contributed by atoms with E-state index in [9.17, 15) is 9.59 Å². The maximum absolute atomic E-state index is 13.1. The highest BCUT2D eigenvalue weighted by Crippen LogP contribution is 2.33. The molecule has 2 amide bonds. The van der Waals surface area contributed by atoms with Gasteiger partial charge >= 0.3 is 0 Å². The van der Waals surface area contributed by atoms with Gasteiger partial charge in [0.15, 0.2) is 5.96 Å². The number of guanidine groups is 1. The summed E-state index contributed by atoms with van der Waals surface area (Å²) in [5, 5.41) is 14.8. The third-order valence-corrected chi connectivity index (χ3v) is 6.99. The Bertz CT molecular complexity index is 1060. The fourth-order valence-corrected chi connectivity index (χ4v) is 4.48. The molecule has 7 heteroatoms. The summed E-state index contributed by atoms with van der Waals surface area (Å²) in [6.45, 7) is 8.51. The minimum absolute atomic E-state index is 0.0869. The molecule has 3 N–H and O–H groups in total. The smallest absolute Gasteiger partial charge is 0.251 e. The minimum atomic E-state index is -0.438. The number of nitrogens with one attached hydrogen (secondary N) is 3. The van der Waals surface area contributed by atoms with Crippen LogP contribution in [0, 0.1) is 11.3 Å². The molecule has 0 aromatic heterocycles. The highest BCUT2D eigenvalue weighted by Gasteiger charge is 2.42. The Morgan fingerprint density at radius 3 is 2.70 bits per heavy atom. The topological polar surface area (TPSA) is 94.5 Å². The van der Waals surface area contributed by atoms with E-state index < -0.39 is 5.54 Å². The van der Waals surface area contributed by atoms with Crippen molar-refractivity contribution in [2.75, 3.05) is 6.61 Å². The lowest BCUT2D eigenvalue weighted by atomic mass is 9.83. The second-order valence-electron chi connectivity index (χ2n) is 9.49. The summed E-state index contributed by atoms with van der Waals surface area (Å²) in [5.74, 6) is 0.858. The van der Waals surface area contributed by atoms with Crippen LogP contribution in [0.25, 0.3) is 0 Å². The Morgan fingerprint density at radius 1 is 1.21 bits per heavy atom. The van der Waals surface area contributed by atoms with Gasteiger partial charge in [-0.25, -0.2) is 0 Å². The molecule has 33 heavy (non-hydrogen) atoms. The molecule has 1 fully saturated rings. The maximum Gasteiger partial charge on any atom is 0.251 e. The largest absolute Gasteiger partial charge is 0.493 e. The van der Waals surface area contributed by atoms with Crippen molar-refractivity contribution in [1.29, 1.82) is 5.41 Å². The van der Waals surface area contributed by atoms with E-state index in [0.29, 0.717) is 25.0 Å². The molecule has 0 bridgehead atoms. The summed E-state index contributed by atoms with van der Waals surface area (Å²) in [4.78, 5) is 27.5. The van der Waals surface area contributed by atoms with Crippen molar-refractivity contribution in [3.8, 4) is 5.75 Å². The monoisotopic (exact) mass is 448 g/mol. The molecule has 2 aliphatic rings. The molecule has 174 valence electrons. The number of carbonyl (C=O) groups is 2. The molecule has 4 rings (SSSR count). The van der Waals surface area contributed by atoms with Gasteiger partial charge < -0.3 is 15.4 Å². The molecule has 1 unspecified atom stereocenters. The summed E-state index contributed by atoms with van der Waals surface area (Å²) in [6.07, 6.45) is 1.03. The Labute approximate surface area is 195 Å². The van der Waals surface area contributed by atoms with Crippen LogP contribution in [0.2, 0.25) is 0 Å². The summed E-state index contributed by atoms with van der Waals surface area (Å²) in [6, 6.07) is 14.6. The van der Waals surface area contributed by atoms with Crippen LogP contribution >= 0.6 is 0 Å². The molecule has 2 aromatic rings. The minimum Gasteiger partial charge on any atom is -0.493 e. The summed E-state index contributed by atoms with van der Waals surface area (Å²) in [5.41, 5.74) is 1.88. The van der Waals surface area contributed by atoms with Crippen LogP contribution in [0.4, 0.5) is 0 Å². The molecule has 2 aromatic carbocycles. The molecule has 1 saturated heterocycles. The summed E-state index contributed by atoms with van der Waals surface area (Å²) < 4.78 is 5.69. The van der Waals surface area contributed by atoms with Gasteiger partial charge in [-0.05, 0) is 43.5 Å². The van der Waals surface area contributed by atoms with Crippen molar-refractivity contribution < 1.29 is 14.3 Å². The zero-order valence-corrected chi connectivity index (χ0v) is 19.6. The molecule has 0 radical (unpaired) electrons. The Morgan fingerprint density at radius 2 is 1.97 bits per heavy atom. The zero-order valence-electron chi connectivity index (χ0n) is 19.6. The molecule has 3 atom stereocenters. The first-order valence-corrected chi connectivity index (χ1v) is 11.5. The number of benzene rings is 2. The summed E-state index contributed by atoms with van der Waals surface area (Å²) >= 11 is 0. The predicted molar refractivity (Wildman–Crippen MR) is 127 cm³/mol. The van der Waals surface area contributed by atoms with Crippen LogP contribution in [-0.2, 0) is 4.79 Å². The number of ether oxygens (including phenoxy) is 1. The van der Waals surface area contributed by atoms with Gasteiger partial charge in [-0.2, -0.15) is 0 Å². The normalized spacial score (nSPS) is 23.4. The van der Waals surface area contributed by atoms with Gasteiger partial charge in [0.25, 0.3) is 5.91 Å². The standard InChI is InChI=1S/C26H32N4O3/c1-16(2)26(4)15-23(31)30(25(27)29-26)17(3)18-8-7-9-19(14-18)24(32)28-21-12-13-33-22-11-6-5-10-20(21)22/h5-11,14,16-17,21H,12-13,15H2,1-4H3,(H2,27,29)(H,28,32)/t17?,21-,26-/m0/s1. The van der Waals surface area contributed by atoms with Gasteiger partial charge in [0.1, 0.15) is 5.75 Å². The zero-order chi connectivity index (χ0) is 23.8. The molecular formula is C26H32N4O3. The van der Waals surface area contributed by atoms with Crippen LogP contribution in [0.15, 0.2) is 48.5 Å². The van der Waals surface area contributed by atoms with E-state index in [-0.39, 0.29) is 35.8 Å². The number of amides is 2. The van der Waals surface area contributed by atoms with Crippen molar-refractivity contribution in [3.63, 3.8) is 0 Å². The number of carbonyl (C=O) groups excluding carboxylic acids is 2. The average Bonchev–Trinajstić information content (AvgIpc) is 2.78. The van der Waals surface area contributed by atoms with Crippen molar-refractivity contribution >= 4 is 17.8 Å². The highest BCUT2D eigenvalue weighted by molar-refractivity contribution is 6.00. The third kappa shape index (κ3) is 4.45. The van der Waals surface area contributed by atoms with E-state index >= 15 is 0 Å². The second kappa shape index (κ2) is 8.89. The first kappa shape index (κ1) is 22.8. The Balaban J connectivity index is 1.51. The van der Waals surface area contributed by atoms with Gasteiger partial charge in [-0.1, -0.05) is 44.2 Å². The number of para-hydroxylation sites is 1. The molecule has 7 nitrogen and oxygen atoms in total. The number of nitrogens with zero attached hydrogens (tertiary/aromatic N) is 1. The fourth-order valence-electron chi connectivity index (χ4n) is 4.48. The quantitative estimate of drug-likeness (QED) is 0.640. The van der Waals surface area contributed by atoms with Crippen LogP contribution in [0.3, 0.4) is 0 Å². The van der Waals surface area contributed by atoms with Crippen molar-refractivity contribution in [2.24, 2.45) is 5.92 Å². The molecular weight excluding hydrogens is 416 g/mol. The number of hydrogen-bond acceptors (Lipinski definition) is 4. The third-order valence-electron chi connectivity index (χ3n) is 6.99. The lowest BCUT2D eigenvalue weighted by Gasteiger charge is -2.45. The number of hydrogen-bond donors (Lipinski definition) is 3. The van der Waals surface area contributed by atoms with Gasteiger partial charge in [-0.3, -0.25) is 19.9 Å². The van der Waals surface area contributed by atoms with Gasteiger partial charge in [0.2, 0.25) is 5.91 Å². The number of rotatable bonds is 5. The van der Waals surface area contributed by atoms with Crippen molar-refractivity contribution in [1.82, 2.24) is 15.5 Å². The lowest BCUT2D eigenvalue weighted by Crippen LogP contribution is -2.63. The molecule has 0 saturated carbocycles. The van der Waals surface area contributed by atoms with E-state index in [1.54, 1.807) is 6.07 Å². The van der Waals surface area contributed by atoms with E-state index in [2.05, 4.69) is 10.6 Å². The predicted octanol–water partition coefficient (Wildman–Crippen LogP) is 4.17. The van der Waals surface area contributed by atoms with Crippen LogP contribution in [0.1, 0.15) is 74.1 Å². The van der Waals surface area contributed by atoms with E-state index in [4.69, 9.17) is 10.1 Å². The average molecular weight is 449 g/mol. The maximum atomic E-state index is 13.1. The van der Waals surface area contributed by atoms with Crippen LogP contribution < -0.4 is 15.4 Å². The molecule has 2 aliphatic heterocycles. The van der Waals surface area contributed by atoms with Crippen LogP contribution in [-0.4, -0.2) is 34.8 Å². The van der Waals surface area contributed by atoms with E-state index in [1.165, 1.54) is 4.90 Å². The second-order valence-corrected chi connectivity index (χ2v) is 9.49. The van der Waals surface area contributed by atoms with Gasteiger partial charge in [0, 0.05) is 23.1 Å². The lowest BCUT2D eigenvalue weighted by molar-refractivity contribution is -0.132.